The Morgan fingerprint density at radius 3 is 2.37 bits per heavy atom. The summed E-state index contributed by atoms with van der Waals surface area (Å²) in [6, 6.07) is 14.0. The zero-order valence-corrected chi connectivity index (χ0v) is 20.3. The van der Waals surface area contributed by atoms with Gasteiger partial charge in [-0.2, -0.15) is 0 Å². The summed E-state index contributed by atoms with van der Waals surface area (Å²) in [7, 11) is 0. The number of alkyl halides is 2. The van der Waals surface area contributed by atoms with Crippen LogP contribution in [0.1, 0.15) is 42.9 Å². The van der Waals surface area contributed by atoms with Crippen LogP contribution >= 0.6 is 0 Å². The van der Waals surface area contributed by atoms with Crippen LogP contribution in [0.4, 0.5) is 8.78 Å². The molecule has 1 fully saturated rings. The second-order valence-electron chi connectivity index (χ2n) is 8.99. The maximum Gasteiger partial charge on any atom is 0.223 e. The molecule has 0 aliphatic carbocycles. The number of carbonyl (C=O) groups excluding carboxylic acids is 1. The number of rotatable bonds is 14. The third-order valence-corrected chi connectivity index (χ3v) is 6.03. The van der Waals surface area contributed by atoms with Crippen molar-refractivity contribution in [1.29, 1.82) is 0 Å². The Labute approximate surface area is 206 Å². The molecular weight excluding hydrogens is 454 g/mol. The highest BCUT2D eigenvalue weighted by Gasteiger charge is 2.29. The van der Waals surface area contributed by atoms with Gasteiger partial charge in [-0.25, -0.2) is 4.39 Å². The first kappa shape index (κ1) is 26.9. The first-order chi connectivity index (χ1) is 16.9. The van der Waals surface area contributed by atoms with Crippen LogP contribution in [0.5, 0.6) is 11.5 Å². The monoisotopic (exact) mass is 490 g/mol. The molecule has 0 radical (unpaired) electrons. The van der Waals surface area contributed by atoms with Crippen LogP contribution in [0.2, 0.25) is 0 Å². The lowest BCUT2D eigenvalue weighted by molar-refractivity contribution is -0.123. The lowest BCUT2D eigenvalue weighted by atomic mass is 10.0. The number of hydrogen-bond donors (Lipinski definition) is 2. The van der Waals surface area contributed by atoms with Gasteiger partial charge < -0.3 is 19.9 Å². The molecule has 1 saturated heterocycles. The summed E-state index contributed by atoms with van der Waals surface area (Å²) in [6.45, 7) is 3.48. The number of aliphatic hydroxyl groups is 1. The molecule has 6 nitrogen and oxygen atoms in total. The van der Waals surface area contributed by atoms with Crippen LogP contribution < -0.4 is 14.8 Å². The molecule has 35 heavy (non-hydrogen) atoms. The Hall–Kier alpha value is -2.71. The molecule has 8 heteroatoms. The maximum absolute atomic E-state index is 13.7. The van der Waals surface area contributed by atoms with E-state index in [1.807, 2.05) is 36.1 Å². The summed E-state index contributed by atoms with van der Waals surface area (Å²) in [5, 5.41) is 14.0. The second-order valence-corrected chi connectivity index (χ2v) is 8.99. The summed E-state index contributed by atoms with van der Waals surface area (Å²) in [5.74, 6) is 1.08. The van der Waals surface area contributed by atoms with Crippen molar-refractivity contribution in [2.75, 3.05) is 39.5 Å². The van der Waals surface area contributed by atoms with E-state index >= 15 is 0 Å². The number of amides is 1. The molecule has 2 N–H and O–H groups in total. The average molecular weight is 491 g/mol. The van der Waals surface area contributed by atoms with Crippen molar-refractivity contribution in [3.63, 3.8) is 0 Å². The number of aliphatic hydroxyl groups excluding tert-OH is 1. The Kier molecular flexibility index (Phi) is 10.8. The van der Waals surface area contributed by atoms with E-state index in [2.05, 4.69) is 5.32 Å². The van der Waals surface area contributed by atoms with Crippen molar-refractivity contribution in [3.8, 4) is 11.5 Å². The number of likely N-dealkylation sites (tertiary alicyclic amines) is 1. The number of nitrogens with one attached hydrogen (secondary N) is 1. The fraction of sp³-hybridized carbons (Fsp3) is 0.519. The van der Waals surface area contributed by atoms with Gasteiger partial charge in [0.15, 0.2) is 0 Å². The zero-order valence-electron chi connectivity index (χ0n) is 20.3. The SMILES string of the molecule is Cc1ccc(OCCC(=O)N[C@H](CN2CCC(F)C2)[C@H](O)c2ccc(OCCCCF)cc2)cc1. The van der Waals surface area contributed by atoms with Crippen LogP contribution in [0, 0.1) is 6.92 Å². The number of aryl methyl sites for hydroxylation is 1. The van der Waals surface area contributed by atoms with Gasteiger partial charge in [0.25, 0.3) is 0 Å². The molecular formula is C27H36F2N2O4. The largest absolute Gasteiger partial charge is 0.494 e. The van der Waals surface area contributed by atoms with E-state index in [1.165, 1.54) is 0 Å². The Morgan fingerprint density at radius 1 is 1.09 bits per heavy atom. The molecule has 1 heterocycles. The minimum Gasteiger partial charge on any atom is -0.494 e. The van der Waals surface area contributed by atoms with Crippen molar-refractivity contribution in [3.05, 3.63) is 59.7 Å². The molecule has 1 aliphatic heterocycles. The van der Waals surface area contributed by atoms with E-state index in [9.17, 15) is 18.7 Å². The summed E-state index contributed by atoms with van der Waals surface area (Å²) >= 11 is 0. The lowest BCUT2D eigenvalue weighted by Crippen LogP contribution is -2.47. The van der Waals surface area contributed by atoms with E-state index < -0.39 is 18.3 Å². The third kappa shape index (κ3) is 9.11. The summed E-state index contributed by atoms with van der Waals surface area (Å²) in [4.78, 5) is 14.6. The fourth-order valence-electron chi connectivity index (χ4n) is 4.01. The van der Waals surface area contributed by atoms with Crippen LogP contribution in [0.3, 0.4) is 0 Å². The van der Waals surface area contributed by atoms with Gasteiger partial charge in [-0.3, -0.25) is 14.1 Å². The minimum atomic E-state index is -0.976. The number of hydrogen-bond acceptors (Lipinski definition) is 5. The Balaban J connectivity index is 1.56. The number of benzene rings is 2. The highest BCUT2D eigenvalue weighted by atomic mass is 19.1. The fourth-order valence-corrected chi connectivity index (χ4v) is 4.01. The van der Waals surface area contributed by atoms with Crippen LogP contribution in [-0.2, 0) is 4.79 Å². The molecule has 3 atom stereocenters. The van der Waals surface area contributed by atoms with Crippen molar-refractivity contribution in [2.45, 2.75) is 50.9 Å². The van der Waals surface area contributed by atoms with Crippen LogP contribution in [-0.4, -0.2) is 67.6 Å². The maximum atomic E-state index is 13.7. The van der Waals surface area contributed by atoms with Gasteiger partial charge in [0.1, 0.15) is 23.8 Å². The predicted molar refractivity (Wildman–Crippen MR) is 131 cm³/mol. The summed E-state index contributed by atoms with van der Waals surface area (Å²) in [6.07, 6.45) is -0.181. The van der Waals surface area contributed by atoms with Gasteiger partial charge in [-0.1, -0.05) is 29.8 Å². The van der Waals surface area contributed by atoms with Gasteiger partial charge >= 0.3 is 0 Å². The van der Waals surface area contributed by atoms with E-state index in [0.29, 0.717) is 62.6 Å². The van der Waals surface area contributed by atoms with Gasteiger partial charge in [0.2, 0.25) is 5.91 Å². The first-order valence-corrected chi connectivity index (χ1v) is 12.3. The van der Waals surface area contributed by atoms with Crippen LogP contribution in [0.15, 0.2) is 48.5 Å². The number of nitrogens with zero attached hydrogens (tertiary/aromatic N) is 1. The lowest BCUT2D eigenvalue weighted by Gasteiger charge is -2.29. The molecule has 1 unspecified atom stereocenters. The number of ether oxygens (including phenoxy) is 2. The molecule has 1 amide bonds. The molecule has 0 bridgehead atoms. The van der Waals surface area contributed by atoms with Crippen molar-refractivity contribution in [2.24, 2.45) is 0 Å². The normalized spacial score (nSPS) is 17.7. The minimum absolute atomic E-state index is 0.133. The number of carbonyl (C=O) groups is 1. The van der Waals surface area contributed by atoms with Crippen LogP contribution in [0.25, 0.3) is 0 Å². The van der Waals surface area contributed by atoms with E-state index in [4.69, 9.17) is 9.47 Å². The second kappa shape index (κ2) is 14.0. The third-order valence-electron chi connectivity index (χ3n) is 6.03. The van der Waals surface area contributed by atoms with Crippen molar-refractivity contribution in [1.82, 2.24) is 10.2 Å². The first-order valence-electron chi connectivity index (χ1n) is 12.3. The van der Waals surface area contributed by atoms with Gasteiger partial charge in [-0.15, -0.1) is 0 Å². The van der Waals surface area contributed by atoms with Gasteiger partial charge in [0, 0.05) is 19.6 Å². The summed E-state index contributed by atoms with van der Waals surface area (Å²) in [5.41, 5.74) is 1.75. The zero-order chi connectivity index (χ0) is 25.0. The average Bonchev–Trinajstić information content (AvgIpc) is 3.27. The topological polar surface area (TPSA) is 71.0 Å². The molecule has 192 valence electrons. The molecule has 2 aromatic carbocycles. The van der Waals surface area contributed by atoms with Crippen molar-refractivity contribution < 1.29 is 28.2 Å². The van der Waals surface area contributed by atoms with E-state index in [-0.39, 0.29) is 25.6 Å². The molecule has 0 aromatic heterocycles. The highest BCUT2D eigenvalue weighted by molar-refractivity contribution is 5.76. The number of unbranched alkanes of at least 4 members (excludes halogenated alkanes) is 1. The Bertz CT molecular complexity index is 895. The molecule has 1 aliphatic rings. The van der Waals surface area contributed by atoms with E-state index in [0.717, 1.165) is 5.56 Å². The number of halogens is 2. The predicted octanol–water partition coefficient (Wildman–Crippen LogP) is 4.15. The quantitative estimate of drug-likeness (QED) is 0.389. The standard InChI is InChI=1S/C27H36F2N2O4/c1-20-4-8-23(9-5-20)35-17-13-26(32)30-25(19-31-15-12-22(29)18-31)27(33)21-6-10-24(11-7-21)34-16-3-2-14-28/h4-11,22,25,27,33H,2-3,12-19H2,1H3,(H,30,32)/t22?,25-,27-/m1/s1. The molecule has 3 rings (SSSR count). The molecule has 0 saturated carbocycles. The molecule has 0 spiro atoms. The smallest absolute Gasteiger partial charge is 0.223 e. The summed E-state index contributed by atoms with van der Waals surface area (Å²) < 4.78 is 37.2. The molecule has 2 aromatic rings. The van der Waals surface area contributed by atoms with Crippen molar-refractivity contribution >= 4 is 5.91 Å². The Morgan fingerprint density at radius 2 is 1.74 bits per heavy atom. The van der Waals surface area contributed by atoms with E-state index in [1.54, 1.807) is 24.3 Å². The highest BCUT2D eigenvalue weighted by Crippen LogP contribution is 2.23. The van der Waals surface area contributed by atoms with Gasteiger partial charge in [0.05, 0.1) is 32.4 Å². The van der Waals surface area contributed by atoms with Gasteiger partial charge in [-0.05, 0) is 56.0 Å².